The molecule has 0 bridgehead atoms. The molecule has 0 saturated carbocycles. The molecule has 1 atom stereocenters. The van der Waals surface area contributed by atoms with Crippen molar-refractivity contribution in [2.75, 3.05) is 39.0 Å². The molecule has 0 aliphatic carbocycles. The monoisotopic (exact) mass is 331 g/mol. The van der Waals surface area contributed by atoms with Crippen LogP contribution in [0.25, 0.3) is 0 Å². The summed E-state index contributed by atoms with van der Waals surface area (Å²) in [6, 6.07) is -0.461. The molecule has 22 heavy (non-hydrogen) atoms. The fourth-order valence-corrected chi connectivity index (χ4v) is 5.29. The molecule has 0 spiro atoms. The number of hydrogen-bond acceptors (Lipinski definition) is 4. The first-order valence-electron chi connectivity index (χ1n) is 8.42. The van der Waals surface area contributed by atoms with Crippen molar-refractivity contribution in [3.8, 4) is 0 Å². The highest BCUT2D eigenvalue weighted by Gasteiger charge is 2.40. The minimum absolute atomic E-state index is 0.0140. The minimum atomic E-state index is -3.29. The molecule has 2 aliphatic heterocycles. The van der Waals surface area contributed by atoms with Gasteiger partial charge >= 0.3 is 0 Å². The molecule has 2 saturated heterocycles. The predicted molar refractivity (Wildman–Crippen MR) is 87.0 cm³/mol. The third-order valence-electron chi connectivity index (χ3n) is 4.73. The van der Waals surface area contributed by atoms with Crippen molar-refractivity contribution in [2.24, 2.45) is 5.92 Å². The third kappa shape index (κ3) is 4.00. The Balaban J connectivity index is 1.97. The van der Waals surface area contributed by atoms with Gasteiger partial charge in [-0.2, -0.15) is 4.31 Å². The van der Waals surface area contributed by atoms with E-state index in [1.807, 2.05) is 18.9 Å². The standard InChI is InChI=1S/C15H29N3O3S/c1-3-11-22(20,21)18-8-4-5-14(18)15(19)17-9-6-13(7-10-17)12-16-2/h13-14,16H,3-12H2,1-2H3. The maximum atomic E-state index is 12.7. The molecule has 1 amide bonds. The zero-order chi connectivity index (χ0) is 16.2. The average Bonchev–Trinajstić information content (AvgIpc) is 2.98. The molecule has 0 aromatic carbocycles. The molecule has 0 aromatic heterocycles. The zero-order valence-electron chi connectivity index (χ0n) is 13.8. The van der Waals surface area contributed by atoms with Gasteiger partial charge in [0.1, 0.15) is 6.04 Å². The van der Waals surface area contributed by atoms with Crippen molar-refractivity contribution in [2.45, 2.75) is 45.1 Å². The number of carbonyl (C=O) groups is 1. The SMILES string of the molecule is CCCS(=O)(=O)N1CCCC1C(=O)N1CCC(CNC)CC1. The molecule has 2 aliphatic rings. The lowest BCUT2D eigenvalue weighted by Gasteiger charge is -2.35. The third-order valence-corrected chi connectivity index (χ3v) is 6.80. The number of carbonyl (C=O) groups excluding carboxylic acids is 1. The molecular formula is C15H29N3O3S. The van der Waals surface area contributed by atoms with Gasteiger partial charge < -0.3 is 10.2 Å². The second-order valence-electron chi connectivity index (χ2n) is 6.41. The number of likely N-dealkylation sites (tertiary alicyclic amines) is 1. The Bertz CT molecular complexity index is 472. The van der Waals surface area contributed by atoms with Gasteiger partial charge in [0, 0.05) is 19.6 Å². The molecule has 0 aromatic rings. The van der Waals surface area contributed by atoms with Gasteiger partial charge in [0.05, 0.1) is 5.75 Å². The van der Waals surface area contributed by atoms with Gasteiger partial charge in [-0.3, -0.25) is 4.79 Å². The van der Waals surface area contributed by atoms with Crippen LogP contribution in [-0.4, -0.2) is 68.6 Å². The fourth-order valence-electron chi connectivity index (χ4n) is 3.55. The Morgan fingerprint density at radius 3 is 2.45 bits per heavy atom. The summed E-state index contributed by atoms with van der Waals surface area (Å²) < 4.78 is 26.1. The van der Waals surface area contributed by atoms with E-state index in [4.69, 9.17) is 0 Å². The summed E-state index contributed by atoms with van der Waals surface area (Å²) in [6.45, 7) is 4.85. The van der Waals surface area contributed by atoms with Crippen LogP contribution in [-0.2, 0) is 14.8 Å². The first kappa shape index (κ1) is 17.7. The highest BCUT2D eigenvalue weighted by Crippen LogP contribution is 2.25. The van der Waals surface area contributed by atoms with Crippen LogP contribution < -0.4 is 5.32 Å². The Labute approximate surface area is 134 Å². The Morgan fingerprint density at radius 2 is 1.86 bits per heavy atom. The summed E-state index contributed by atoms with van der Waals surface area (Å²) >= 11 is 0. The van der Waals surface area contributed by atoms with Crippen LogP contribution in [0.2, 0.25) is 0 Å². The van der Waals surface area contributed by atoms with E-state index in [1.54, 1.807) is 0 Å². The number of piperidine rings is 1. The lowest BCUT2D eigenvalue weighted by Crippen LogP contribution is -2.50. The van der Waals surface area contributed by atoms with Crippen molar-refractivity contribution in [3.05, 3.63) is 0 Å². The van der Waals surface area contributed by atoms with E-state index in [9.17, 15) is 13.2 Å². The zero-order valence-corrected chi connectivity index (χ0v) is 14.6. The van der Waals surface area contributed by atoms with Crippen LogP contribution in [0, 0.1) is 5.92 Å². The van der Waals surface area contributed by atoms with Crippen LogP contribution in [0.5, 0.6) is 0 Å². The topological polar surface area (TPSA) is 69.7 Å². The number of hydrogen-bond donors (Lipinski definition) is 1. The fraction of sp³-hybridized carbons (Fsp3) is 0.933. The molecule has 2 rings (SSSR count). The largest absolute Gasteiger partial charge is 0.341 e. The van der Waals surface area contributed by atoms with Crippen LogP contribution >= 0.6 is 0 Å². The van der Waals surface area contributed by atoms with Crippen molar-refractivity contribution in [1.29, 1.82) is 0 Å². The van der Waals surface area contributed by atoms with Gasteiger partial charge in [-0.1, -0.05) is 6.92 Å². The molecule has 7 heteroatoms. The first-order valence-corrected chi connectivity index (χ1v) is 10.0. The lowest BCUT2D eigenvalue weighted by atomic mass is 9.96. The number of sulfonamides is 1. The number of nitrogens with zero attached hydrogens (tertiary/aromatic N) is 2. The summed E-state index contributed by atoms with van der Waals surface area (Å²) in [5, 5.41) is 3.19. The van der Waals surface area contributed by atoms with E-state index < -0.39 is 16.1 Å². The van der Waals surface area contributed by atoms with E-state index in [0.717, 1.165) is 38.9 Å². The summed E-state index contributed by atoms with van der Waals surface area (Å²) in [6.07, 6.45) is 4.05. The minimum Gasteiger partial charge on any atom is -0.341 e. The van der Waals surface area contributed by atoms with Gasteiger partial charge in [0.15, 0.2) is 0 Å². The smallest absolute Gasteiger partial charge is 0.241 e. The van der Waals surface area contributed by atoms with Crippen molar-refractivity contribution < 1.29 is 13.2 Å². The van der Waals surface area contributed by atoms with Gasteiger partial charge in [0.25, 0.3) is 0 Å². The van der Waals surface area contributed by atoms with Gasteiger partial charge in [-0.15, -0.1) is 0 Å². The normalized spacial score (nSPS) is 24.8. The van der Waals surface area contributed by atoms with Gasteiger partial charge in [-0.05, 0) is 51.6 Å². The predicted octanol–water partition coefficient (Wildman–Crippen LogP) is 0.649. The summed E-state index contributed by atoms with van der Waals surface area (Å²) in [4.78, 5) is 14.6. The van der Waals surface area contributed by atoms with E-state index in [2.05, 4.69) is 5.32 Å². The highest BCUT2D eigenvalue weighted by molar-refractivity contribution is 7.89. The maximum absolute atomic E-state index is 12.7. The summed E-state index contributed by atoms with van der Waals surface area (Å²) in [5.74, 6) is 0.777. The van der Waals surface area contributed by atoms with E-state index >= 15 is 0 Å². The van der Waals surface area contributed by atoms with E-state index in [-0.39, 0.29) is 11.7 Å². The average molecular weight is 331 g/mol. The molecule has 128 valence electrons. The molecule has 6 nitrogen and oxygen atoms in total. The second-order valence-corrected chi connectivity index (χ2v) is 8.45. The molecule has 2 fully saturated rings. The number of nitrogens with one attached hydrogen (secondary N) is 1. The molecular weight excluding hydrogens is 302 g/mol. The molecule has 1 unspecified atom stereocenters. The van der Waals surface area contributed by atoms with Gasteiger partial charge in [0.2, 0.25) is 15.9 Å². The Morgan fingerprint density at radius 1 is 1.18 bits per heavy atom. The first-order chi connectivity index (χ1) is 10.5. The van der Waals surface area contributed by atoms with Crippen LogP contribution in [0.1, 0.15) is 39.0 Å². The lowest BCUT2D eigenvalue weighted by molar-refractivity contribution is -0.136. The number of amides is 1. The Hall–Kier alpha value is -0.660. The van der Waals surface area contributed by atoms with E-state index in [0.29, 0.717) is 25.3 Å². The summed E-state index contributed by atoms with van der Waals surface area (Å²) in [5.41, 5.74) is 0. The van der Waals surface area contributed by atoms with Crippen LogP contribution in [0.15, 0.2) is 0 Å². The molecule has 0 radical (unpaired) electrons. The van der Waals surface area contributed by atoms with Crippen LogP contribution in [0.4, 0.5) is 0 Å². The molecule has 2 heterocycles. The molecule has 1 N–H and O–H groups in total. The summed E-state index contributed by atoms with van der Waals surface area (Å²) in [7, 11) is -1.34. The Kier molecular flexibility index (Phi) is 6.23. The van der Waals surface area contributed by atoms with Crippen molar-refractivity contribution in [1.82, 2.24) is 14.5 Å². The van der Waals surface area contributed by atoms with Crippen molar-refractivity contribution in [3.63, 3.8) is 0 Å². The van der Waals surface area contributed by atoms with Crippen LogP contribution in [0.3, 0.4) is 0 Å². The van der Waals surface area contributed by atoms with E-state index in [1.165, 1.54) is 4.31 Å². The highest BCUT2D eigenvalue weighted by atomic mass is 32.2. The number of rotatable bonds is 6. The maximum Gasteiger partial charge on any atom is 0.241 e. The van der Waals surface area contributed by atoms with Crippen molar-refractivity contribution >= 4 is 15.9 Å². The van der Waals surface area contributed by atoms with Gasteiger partial charge in [-0.25, -0.2) is 8.42 Å². The quantitative estimate of drug-likeness (QED) is 0.776. The second kappa shape index (κ2) is 7.75.